The molecule has 0 amide bonds. The molecule has 1 aliphatic rings. The van der Waals surface area contributed by atoms with Crippen molar-refractivity contribution < 1.29 is 0 Å². The van der Waals surface area contributed by atoms with Gasteiger partial charge in [0, 0.05) is 6.54 Å². The molecular weight excluding hydrogens is 170 g/mol. The van der Waals surface area contributed by atoms with Gasteiger partial charge in [-0.15, -0.1) is 0 Å². The number of benzene rings is 1. The summed E-state index contributed by atoms with van der Waals surface area (Å²) in [7, 11) is 0. The Morgan fingerprint density at radius 3 is 2.21 bits per heavy atom. The molecule has 0 saturated carbocycles. The summed E-state index contributed by atoms with van der Waals surface area (Å²) in [6, 6.07) is 9.07. The van der Waals surface area contributed by atoms with E-state index in [1.807, 2.05) is 0 Å². The maximum absolute atomic E-state index is 2.49. The zero-order valence-electron chi connectivity index (χ0n) is 9.16. The van der Waals surface area contributed by atoms with Crippen molar-refractivity contribution in [3.8, 4) is 0 Å². The largest absolute Gasteiger partial charge is 0.299 e. The first-order chi connectivity index (χ1) is 6.75. The van der Waals surface area contributed by atoms with Crippen molar-refractivity contribution in [2.24, 2.45) is 0 Å². The standard InChI is InChI=1S/C13H19N/c1-11(2)13-6-4-12(5-7-13)10-14-8-3-9-14/h4-7,11H,3,8-10H2,1-2H3. The van der Waals surface area contributed by atoms with Crippen molar-refractivity contribution in [2.45, 2.75) is 32.7 Å². The van der Waals surface area contributed by atoms with E-state index in [0.717, 1.165) is 6.54 Å². The van der Waals surface area contributed by atoms with E-state index >= 15 is 0 Å². The molecule has 0 N–H and O–H groups in total. The lowest BCUT2D eigenvalue weighted by Gasteiger charge is -2.30. The summed E-state index contributed by atoms with van der Waals surface area (Å²) in [5, 5.41) is 0. The average Bonchev–Trinajstić information content (AvgIpc) is 2.12. The van der Waals surface area contributed by atoms with Gasteiger partial charge in [0.15, 0.2) is 0 Å². The molecule has 0 aromatic heterocycles. The van der Waals surface area contributed by atoms with Crippen molar-refractivity contribution in [2.75, 3.05) is 13.1 Å². The molecule has 0 unspecified atom stereocenters. The summed E-state index contributed by atoms with van der Waals surface area (Å²) in [5.41, 5.74) is 2.89. The van der Waals surface area contributed by atoms with Crippen LogP contribution in [0.3, 0.4) is 0 Å². The molecule has 1 saturated heterocycles. The van der Waals surface area contributed by atoms with E-state index in [1.54, 1.807) is 0 Å². The van der Waals surface area contributed by atoms with Crippen molar-refractivity contribution in [1.29, 1.82) is 0 Å². The molecular formula is C13H19N. The maximum Gasteiger partial charge on any atom is 0.0233 e. The Kier molecular flexibility index (Phi) is 2.87. The van der Waals surface area contributed by atoms with Crippen LogP contribution in [0.5, 0.6) is 0 Å². The molecule has 2 rings (SSSR count). The summed E-state index contributed by atoms with van der Waals surface area (Å²) in [5.74, 6) is 0.646. The minimum absolute atomic E-state index is 0.646. The molecule has 1 aromatic carbocycles. The van der Waals surface area contributed by atoms with Gasteiger partial charge in [0.2, 0.25) is 0 Å². The third-order valence-electron chi connectivity index (χ3n) is 3.00. The summed E-state index contributed by atoms with van der Waals surface area (Å²) >= 11 is 0. The van der Waals surface area contributed by atoms with Crippen LogP contribution in [0.4, 0.5) is 0 Å². The lowest BCUT2D eigenvalue weighted by Crippen LogP contribution is -2.36. The fraction of sp³-hybridized carbons (Fsp3) is 0.538. The van der Waals surface area contributed by atoms with Gasteiger partial charge in [-0.25, -0.2) is 0 Å². The topological polar surface area (TPSA) is 3.24 Å². The number of likely N-dealkylation sites (tertiary alicyclic amines) is 1. The summed E-state index contributed by atoms with van der Waals surface area (Å²) in [6.07, 6.45) is 1.38. The van der Waals surface area contributed by atoms with Crippen molar-refractivity contribution in [3.63, 3.8) is 0 Å². The Morgan fingerprint density at radius 1 is 1.14 bits per heavy atom. The third kappa shape index (κ3) is 2.16. The minimum Gasteiger partial charge on any atom is -0.299 e. The highest BCUT2D eigenvalue weighted by Crippen LogP contribution is 2.17. The van der Waals surface area contributed by atoms with E-state index < -0.39 is 0 Å². The van der Waals surface area contributed by atoms with Crippen LogP contribution in [0.2, 0.25) is 0 Å². The van der Waals surface area contributed by atoms with Gasteiger partial charge in [0.05, 0.1) is 0 Å². The van der Waals surface area contributed by atoms with Crippen LogP contribution in [0.15, 0.2) is 24.3 Å². The lowest BCUT2D eigenvalue weighted by atomic mass is 10.0. The fourth-order valence-electron chi connectivity index (χ4n) is 1.81. The summed E-state index contributed by atoms with van der Waals surface area (Å²) in [4.78, 5) is 2.49. The van der Waals surface area contributed by atoms with E-state index in [9.17, 15) is 0 Å². The molecule has 0 atom stereocenters. The molecule has 1 aliphatic heterocycles. The monoisotopic (exact) mass is 189 g/mol. The Labute approximate surface area is 86.7 Å². The Morgan fingerprint density at radius 2 is 1.79 bits per heavy atom. The average molecular weight is 189 g/mol. The SMILES string of the molecule is CC(C)c1ccc(CN2CCC2)cc1. The molecule has 1 fully saturated rings. The lowest BCUT2D eigenvalue weighted by molar-refractivity contribution is 0.172. The predicted octanol–water partition coefficient (Wildman–Crippen LogP) is 3.02. The van der Waals surface area contributed by atoms with E-state index in [0.29, 0.717) is 5.92 Å². The first-order valence-electron chi connectivity index (χ1n) is 5.57. The molecule has 0 bridgehead atoms. The fourth-order valence-corrected chi connectivity index (χ4v) is 1.81. The molecule has 0 radical (unpaired) electrons. The maximum atomic E-state index is 2.49. The smallest absolute Gasteiger partial charge is 0.0233 e. The minimum atomic E-state index is 0.646. The Hall–Kier alpha value is -0.820. The Bertz CT molecular complexity index is 283. The normalized spacial score (nSPS) is 17.1. The van der Waals surface area contributed by atoms with Crippen LogP contribution in [0, 0.1) is 0 Å². The molecule has 0 aliphatic carbocycles. The van der Waals surface area contributed by atoms with Gasteiger partial charge in [-0.2, -0.15) is 0 Å². The molecule has 14 heavy (non-hydrogen) atoms. The highest BCUT2D eigenvalue weighted by molar-refractivity contribution is 5.24. The second-order valence-corrected chi connectivity index (χ2v) is 4.53. The number of hydrogen-bond acceptors (Lipinski definition) is 1. The molecule has 1 heterocycles. The molecule has 1 heteroatoms. The Balaban J connectivity index is 1.98. The van der Waals surface area contributed by atoms with Crippen molar-refractivity contribution in [1.82, 2.24) is 4.90 Å². The van der Waals surface area contributed by atoms with E-state index in [2.05, 4.69) is 43.0 Å². The zero-order chi connectivity index (χ0) is 9.97. The third-order valence-corrected chi connectivity index (χ3v) is 3.00. The number of hydrogen-bond donors (Lipinski definition) is 0. The zero-order valence-corrected chi connectivity index (χ0v) is 9.16. The van der Waals surface area contributed by atoms with Crippen molar-refractivity contribution >= 4 is 0 Å². The molecule has 76 valence electrons. The van der Waals surface area contributed by atoms with Gasteiger partial charge in [0.25, 0.3) is 0 Å². The van der Waals surface area contributed by atoms with Crippen molar-refractivity contribution in [3.05, 3.63) is 35.4 Å². The van der Waals surface area contributed by atoms with Crippen LogP contribution >= 0.6 is 0 Å². The van der Waals surface area contributed by atoms with E-state index in [-0.39, 0.29) is 0 Å². The van der Waals surface area contributed by atoms with Crippen LogP contribution in [0.1, 0.15) is 37.3 Å². The van der Waals surface area contributed by atoms with Gasteiger partial charge in [0.1, 0.15) is 0 Å². The van der Waals surface area contributed by atoms with Gasteiger partial charge in [-0.1, -0.05) is 38.1 Å². The molecule has 1 nitrogen and oxygen atoms in total. The first-order valence-corrected chi connectivity index (χ1v) is 5.57. The van der Waals surface area contributed by atoms with E-state index in [1.165, 1.54) is 30.6 Å². The van der Waals surface area contributed by atoms with Gasteiger partial charge < -0.3 is 0 Å². The highest BCUT2D eigenvalue weighted by Gasteiger charge is 2.13. The van der Waals surface area contributed by atoms with Gasteiger partial charge in [-0.3, -0.25) is 4.90 Å². The highest BCUT2D eigenvalue weighted by atomic mass is 15.2. The second kappa shape index (κ2) is 4.14. The first kappa shape index (κ1) is 9.72. The quantitative estimate of drug-likeness (QED) is 0.706. The van der Waals surface area contributed by atoms with Crippen LogP contribution in [-0.4, -0.2) is 18.0 Å². The molecule has 1 aromatic rings. The van der Waals surface area contributed by atoms with Crippen LogP contribution in [0.25, 0.3) is 0 Å². The summed E-state index contributed by atoms with van der Waals surface area (Å²) < 4.78 is 0. The van der Waals surface area contributed by atoms with Gasteiger partial charge in [-0.05, 0) is 36.6 Å². The second-order valence-electron chi connectivity index (χ2n) is 4.53. The van der Waals surface area contributed by atoms with Crippen LogP contribution < -0.4 is 0 Å². The predicted molar refractivity (Wildman–Crippen MR) is 60.4 cm³/mol. The van der Waals surface area contributed by atoms with E-state index in [4.69, 9.17) is 0 Å². The number of nitrogens with zero attached hydrogens (tertiary/aromatic N) is 1. The van der Waals surface area contributed by atoms with Crippen LogP contribution in [-0.2, 0) is 6.54 Å². The molecule has 0 spiro atoms. The number of rotatable bonds is 3. The van der Waals surface area contributed by atoms with Gasteiger partial charge >= 0.3 is 0 Å². The summed E-state index contributed by atoms with van der Waals surface area (Å²) in [6.45, 7) is 8.19.